The van der Waals surface area contributed by atoms with Crippen molar-refractivity contribution in [1.82, 2.24) is 14.7 Å². The van der Waals surface area contributed by atoms with Crippen LogP contribution < -0.4 is 5.73 Å². The van der Waals surface area contributed by atoms with Crippen LogP contribution >= 0.6 is 0 Å². The molecule has 4 heteroatoms. The Labute approximate surface area is 91.1 Å². The van der Waals surface area contributed by atoms with Gasteiger partial charge in [0, 0.05) is 12.7 Å². The van der Waals surface area contributed by atoms with Crippen LogP contribution in [-0.2, 0) is 0 Å². The topological polar surface area (TPSA) is 47.1 Å². The van der Waals surface area contributed by atoms with E-state index in [1.807, 2.05) is 6.20 Å². The Kier molecular flexibility index (Phi) is 3.07. The molecule has 84 valence electrons. The number of likely N-dealkylation sites (N-methyl/N-ethyl adjacent to an activating group) is 1. The minimum absolute atomic E-state index is 0.415. The highest BCUT2D eigenvalue weighted by atomic mass is 15.3. The maximum atomic E-state index is 5.64. The van der Waals surface area contributed by atoms with Gasteiger partial charge in [-0.15, -0.1) is 0 Å². The maximum Gasteiger partial charge on any atom is 0.0658 e. The van der Waals surface area contributed by atoms with Gasteiger partial charge in [0.15, 0.2) is 0 Å². The van der Waals surface area contributed by atoms with Crippen molar-refractivity contribution < 1.29 is 0 Å². The molecule has 0 radical (unpaired) electrons. The van der Waals surface area contributed by atoms with Gasteiger partial charge in [-0.25, -0.2) is 0 Å². The van der Waals surface area contributed by atoms with E-state index in [1.165, 1.54) is 18.5 Å². The van der Waals surface area contributed by atoms with Gasteiger partial charge in [0.1, 0.15) is 0 Å². The molecule has 2 atom stereocenters. The summed E-state index contributed by atoms with van der Waals surface area (Å²) in [6.45, 7) is 5.11. The molecular weight excluding hydrogens is 188 g/mol. The summed E-state index contributed by atoms with van der Waals surface area (Å²) in [5.74, 6) is 0.415. The first-order valence-corrected chi connectivity index (χ1v) is 5.63. The first-order chi connectivity index (χ1) is 7.20. The molecule has 1 aromatic heterocycles. The molecule has 0 spiro atoms. The Hall–Kier alpha value is -0.870. The van der Waals surface area contributed by atoms with Gasteiger partial charge in [0.25, 0.3) is 0 Å². The predicted octanol–water partition coefficient (Wildman–Crippen LogP) is 0.822. The fraction of sp³-hybridized carbons (Fsp3) is 0.727. The Morgan fingerprint density at radius 2 is 2.47 bits per heavy atom. The maximum absolute atomic E-state index is 5.64. The Morgan fingerprint density at radius 1 is 1.67 bits per heavy atom. The van der Waals surface area contributed by atoms with E-state index in [9.17, 15) is 0 Å². The van der Waals surface area contributed by atoms with Crippen LogP contribution in [0.1, 0.15) is 30.9 Å². The largest absolute Gasteiger partial charge is 0.330 e. The molecule has 2 N–H and O–H groups in total. The number of nitrogens with zero attached hydrogens (tertiary/aromatic N) is 3. The second-order valence-electron chi connectivity index (χ2n) is 4.60. The number of nitrogens with two attached hydrogens (primary N) is 1. The van der Waals surface area contributed by atoms with Crippen LogP contribution in [0, 0.1) is 0 Å². The van der Waals surface area contributed by atoms with E-state index in [0.29, 0.717) is 18.5 Å². The minimum atomic E-state index is 0.415. The van der Waals surface area contributed by atoms with Crippen molar-refractivity contribution in [3.05, 3.63) is 18.0 Å². The van der Waals surface area contributed by atoms with Crippen molar-refractivity contribution in [2.75, 3.05) is 26.7 Å². The Morgan fingerprint density at radius 3 is 3.07 bits per heavy atom. The minimum Gasteiger partial charge on any atom is -0.330 e. The lowest BCUT2D eigenvalue weighted by atomic mass is 10.1. The number of hydrogen-bond acceptors (Lipinski definition) is 3. The molecule has 2 rings (SSSR count). The van der Waals surface area contributed by atoms with Gasteiger partial charge in [0.2, 0.25) is 0 Å². The van der Waals surface area contributed by atoms with E-state index < -0.39 is 0 Å². The molecule has 0 bridgehead atoms. The number of likely N-dealkylation sites (tertiary alicyclic amines) is 1. The van der Waals surface area contributed by atoms with Crippen molar-refractivity contribution >= 4 is 0 Å². The summed E-state index contributed by atoms with van der Waals surface area (Å²) in [6, 6.07) is 0.550. The van der Waals surface area contributed by atoms with Gasteiger partial charge in [-0.3, -0.25) is 4.68 Å². The normalized spacial score (nSPS) is 24.6. The van der Waals surface area contributed by atoms with E-state index >= 15 is 0 Å². The second-order valence-corrected chi connectivity index (χ2v) is 4.60. The molecule has 4 nitrogen and oxygen atoms in total. The summed E-state index contributed by atoms with van der Waals surface area (Å²) < 4.78 is 2.10. The lowest BCUT2D eigenvalue weighted by Gasteiger charge is -2.10. The quantitative estimate of drug-likeness (QED) is 0.800. The van der Waals surface area contributed by atoms with Gasteiger partial charge >= 0.3 is 0 Å². The summed E-state index contributed by atoms with van der Waals surface area (Å²) >= 11 is 0. The monoisotopic (exact) mass is 208 g/mol. The molecule has 2 heterocycles. The van der Waals surface area contributed by atoms with Crippen LogP contribution in [0.25, 0.3) is 0 Å². The third kappa shape index (κ3) is 2.21. The number of hydrogen-bond donors (Lipinski definition) is 1. The van der Waals surface area contributed by atoms with E-state index in [1.54, 1.807) is 0 Å². The highest BCUT2D eigenvalue weighted by Crippen LogP contribution is 2.21. The lowest BCUT2D eigenvalue weighted by Crippen LogP contribution is -2.16. The van der Waals surface area contributed by atoms with E-state index in [2.05, 4.69) is 34.8 Å². The molecule has 0 aromatic carbocycles. The van der Waals surface area contributed by atoms with Crippen molar-refractivity contribution in [2.24, 2.45) is 5.73 Å². The molecule has 1 aromatic rings. The fourth-order valence-corrected chi connectivity index (χ4v) is 2.07. The van der Waals surface area contributed by atoms with Crippen LogP contribution in [-0.4, -0.2) is 41.4 Å². The molecule has 2 unspecified atom stereocenters. The summed E-state index contributed by atoms with van der Waals surface area (Å²) in [6.07, 6.45) is 5.31. The molecule has 1 fully saturated rings. The summed E-state index contributed by atoms with van der Waals surface area (Å²) in [5, 5.41) is 4.44. The molecule has 0 amide bonds. The SMILES string of the molecule is CC(CN)c1cnn(C2CCN(C)C2)c1. The first-order valence-electron chi connectivity index (χ1n) is 5.63. The molecule has 1 aliphatic rings. The Balaban J connectivity index is 2.07. The van der Waals surface area contributed by atoms with Crippen molar-refractivity contribution in [2.45, 2.75) is 25.3 Å². The number of aromatic nitrogens is 2. The van der Waals surface area contributed by atoms with Gasteiger partial charge in [-0.2, -0.15) is 5.10 Å². The third-order valence-corrected chi connectivity index (χ3v) is 3.28. The molecule has 0 aliphatic carbocycles. The summed E-state index contributed by atoms with van der Waals surface area (Å²) in [7, 11) is 2.16. The van der Waals surface area contributed by atoms with Crippen LogP contribution in [0.4, 0.5) is 0 Å². The average Bonchev–Trinajstić information content (AvgIpc) is 2.84. The number of rotatable bonds is 3. The second kappa shape index (κ2) is 4.33. The molecule has 1 saturated heterocycles. The van der Waals surface area contributed by atoms with Crippen molar-refractivity contribution in [1.29, 1.82) is 0 Å². The average molecular weight is 208 g/mol. The van der Waals surface area contributed by atoms with Crippen molar-refractivity contribution in [3.8, 4) is 0 Å². The lowest BCUT2D eigenvalue weighted by molar-refractivity contribution is 0.382. The molecule has 0 saturated carbocycles. The van der Waals surface area contributed by atoms with Crippen LogP contribution in [0.5, 0.6) is 0 Å². The highest BCUT2D eigenvalue weighted by Gasteiger charge is 2.21. The molecule has 1 aliphatic heterocycles. The fourth-order valence-electron chi connectivity index (χ4n) is 2.07. The van der Waals surface area contributed by atoms with Crippen LogP contribution in [0.3, 0.4) is 0 Å². The molecule has 15 heavy (non-hydrogen) atoms. The zero-order valence-electron chi connectivity index (χ0n) is 9.56. The standard InChI is InChI=1S/C11H20N4/c1-9(5-12)10-6-13-15(7-10)11-3-4-14(2)8-11/h6-7,9,11H,3-5,8,12H2,1-2H3. The van der Waals surface area contributed by atoms with Gasteiger partial charge < -0.3 is 10.6 Å². The predicted molar refractivity (Wildman–Crippen MR) is 60.8 cm³/mol. The highest BCUT2D eigenvalue weighted by molar-refractivity contribution is 5.11. The van der Waals surface area contributed by atoms with Crippen molar-refractivity contribution in [3.63, 3.8) is 0 Å². The van der Waals surface area contributed by atoms with Gasteiger partial charge in [-0.1, -0.05) is 6.92 Å². The van der Waals surface area contributed by atoms with Crippen LogP contribution in [0.15, 0.2) is 12.4 Å². The van der Waals surface area contributed by atoms with Gasteiger partial charge in [0.05, 0.1) is 12.2 Å². The van der Waals surface area contributed by atoms with E-state index in [4.69, 9.17) is 5.73 Å². The van der Waals surface area contributed by atoms with Gasteiger partial charge in [-0.05, 0) is 38.0 Å². The summed E-state index contributed by atoms with van der Waals surface area (Å²) in [5.41, 5.74) is 6.90. The van der Waals surface area contributed by atoms with E-state index in [0.717, 1.165) is 6.54 Å². The van der Waals surface area contributed by atoms with E-state index in [-0.39, 0.29) is 0 Å². The third-order valence-electron chi connectivity index (χ3n) is 3.28. The zero-order valence-corrected chi connectivity index (χ0v) is 9.56. The zero-order chi connectivity index (χ0) is 10.8. The molecular formula is C11H20N4. The smallest absolute Gasteiger partial charge is 0.0658 e. The Bertz CT molecular complexity index is 320. The van der Waals surface area contributed by atoms with Crippen LogP contribution in [0.2, 0.25) is 0 Å². The summed E-state index contributed by atoms with van der Waals surface area (Å²) in [4.78, 5) is 2.35. The first kappa shape index (κ1) is 10.6.